The van der Waals surface area contributed by atoms with Crippen LogP contribution in [-0.2, 0) is 0 Å². The highest BCUT2D eigenvalue weighted by Gasteiger charge is 2.39. The fraction of sp³-hybridized carbons (Fsp3) is 1.00. The quantitative estimate of drug-likeness (QED) is 0.789. The molecule has 0 bridgehead atoms. The minimum Gasteiger partial charge on any atom is -0.329 e. The molecular weight excluding hydrogens is 222 g/mol. The van der Waals surface area contributed by atoms with Gasteiger partial charge in [0.2, 0.25) is 0 Å². The van der Waals surface area contributed by atoms with E-state index in [1.165, 1.54) is 32.1 Å². The van der Waals surface area contributed by atoms with Crippen LogP contribution < -0.4 is 5.73 Å². The molecule has 1 rings (SSSR count). The molecule has 0 aromatic rings. The summed E-state index contributed by atoms with van der Waals surface area (Å²) in [6.07, 6.45) is 6.36. The molecule has 0 heterocycles. The zero-order chi connectivity index (χ0) is 13.8. The number of hydrogen-bond donors (Lipinski definition) is 1. The molecule has 0 aromatic heterocycles. The molecule has 0 atom stereocenters. The average Bonchev–Trinajstić information content (AvgIpc) is 2.29. The van der Waals surface area contributed by atoms with Gasteiger partial charge < -0.3 is 10.6 Å². The Hall–Kier alpha value is -0.120. The Labute approximate surface area is 114 Å². The third kappa shape index (κ3) is 4.22. The van der Waals surface area contributed by atoms with Gasteiger partial charge in [0, 0.05) is 12.1 Å². The van der Waals surface area contributed by atoms with Crippen LogP contribution in [0.5, 0.6) is 0 Å². The Morgan fingerprint density at radius 2 is 1.50 bits per heavy atom. The normalized spacial score (nSPS) is 22.7. The van der Waals surface area contributed by atoms with Crippen LogP contribution in [0.25, 0.3) is 0 Å². The van der Waals surface area contributed by atoms with Gasteiger partial charge in [0.15, 0.2) is 0 Å². The van der Waals surface area contributed by atoms with Gasteiger partial charge >= 0.3 is 0 Å². The van der Waals surface area contributed by atoms with Gasteiger partial charge in [-0.2, -0.15) is 0 Å². The van der Waals surface area contributed by atoms with E-state index in [2.05, 4.69) is 44.8 Å². The Morgan fingerprint density at radius 1 is 0.944 bits per heavy atom. The minimum absolute atomic E-state index is 0.266. The van der Waals surface area contributed by atoms with Crippen molar-refractivity contribution in [1.82, 2.24) is 9.80 Å². The number of nitrogens with zero attached hydrogens (tertiary/aromatic N) is 2. The van der Waals surface area contributed by atoms with Crippen LogP contribution in [0.3, 0.4) is 0 Å². The summed E-state index contributed by atoms with van der Waals surface area (Å²) in [7, 11) is 6.55. The topological polar surface area (TPSA) is 32.5 Å². The lowest BCUT2D eigenvalue weighted by molar-refractivity contribution is 0.0399. The van der Waals surface area contributed by atoms with E-state index in [4.69, 9.17) is 5.73 Å². The van der Waals surface area contributed by atoms with Crippen LogP contribution in [0, 0.1) is 5.41 Å². The largest absolute Gasteiger partial charge is 0.329 e. The lowest BCUT2D eigenvalue weighted by atomic mass is 9.69. The van der Waals surface area contributed by atoms with Gasteiger partial charge in [0.05, 0.1) is 0 Å². The first kappa shape index (κ1) is 15.9. The summed E-state index contributed by atoms with van der Waals surface area (Å²) in [4.78, 5) is 4.79. The maximum Gasteiger partial charge on any atom is 0.0329 e. The van der Waals surface area contributed by atoms with Gasteiger partial charge in [-0.25, -0.2) is 0 Å². The van der Waals surface area contributed by atoms with E-state index < -0.39 is 0 Å². The molecule has 1 fully saturated rings. The van der Waals surface area contributed by atoms with Crippen LogP contribution in [0.2, 0.25) is 0 Å². The summed E-state index contributed by atoms with van der Waals surface area (Å²) in [5.41, 5.74) is 6.89. The highest BCUT2D eigenvalue weighted by Crippen LogP contribution is 2.42. The molecule has 3 nitrogen and oxygen atoms in total. The molecule has 1 aliphatic carbocycles. The number of hydrogen-bond acceptors (Lipinski definition) is 3. The first-order chi connectivity index (χ1) is 8.31. The summed E-state index contributed by atoms with van der Waals surface area (Å²) in [5.74, 6) is 0. The van der Waals surface area contributed by atoms with Crippen molar-refractivity contribution in [3.8, 4) is 0 Å². The van der Waals surface area contributed by atoms with Crippen LogP contribution in [0.4, 0.5) is 0 Å². The van der Waals surface area contributed by atoms with Crippen LogP contribution in [-0.4, -0.2) is 56.1 Å². The van der Waals surface area contributed by atoms with E-state index in [1.54, 1.807) is 0 Å². The second kappa shape index (κ2) is 6.36. The van der Waals surface area contributed by atoms with E-state index in [0.717, 1.165) is 19.6 Å². The molecule has 0 aliphatic heterocycles. The average molecular weight is 255 g/mol. The second-order valence-corrected chi connectivity index (χ2v) is 7.17. The molecule has 0 radical (unpaired) electrons. The highest BCUT2D eigenvalue weighted by molar-refractivity contribution is 4.96. The van der Waals surface area contributed by atoms with Crippen molar-refractivity contribution in [3.05, 3.63) is 0 Å². The van der Waals surface area contributed by atoms with Crippen molar-refractivity contribution in [2.45, 2.75) is 51.5 Å². The maximum absolute atomic E-state index is 6.11. The molecule has 18 heavy (non-hydrogen) atoms. The van der Waals surface area contributed by atoms with E-state index in [9.17, 15) is 0 Å². The third-order valence-electron chi connectivity index (χ3n) is 4.82. The Bertz CT molecular complexity index is 238. The fourth-order valence-electron chi connectivity index (χ4n) is 3.00. The molecule has 0 saturated heterocycles. The minimum atomic E-state index is 0.266. The van der Waals surface area contributed by atoms with E-state index in [1.807, 2.05) is 0 Å². The SMILES string of the molecule is CN(C)CCCN(C)C1(CN)CCC(C)(C)CC1. The summed E-state index contributed by atoms with van der Waals surface area (Å²) < 4.78 is 0. The van der Waals surface area contributed by atoms with Crippen LogP contribution in [0.15, 0.2) is 0 Å². The van der Waals surface area contributed by atoms with E-state index in [-0.39, 0.29) is 5.54 Å². The maximum atomic E-state index is 6.11. The van der Waals surface area contributed by atoms with Crippen molar-refractivity contribution >= 4 is 0 Å². The highest BCUT2D eigenvalue weighted by atomic mass is 15.2. The molecule has 108 valence electrons. The van der Waals surface area contributed by atoms with Crippen molar-refractivity contribution < 1.29 is 0 Å². The Balaban J connectivity index is 2.49. The van der Waals surface area contributed by atoms with Gasteiger partial charge in [-0.1, -0.05) is 13.8 Å². The van der Waals surface area contributed by atoms with E-state index in [0.29, 0.717) is 5.41 Å². The number of rotatable bonds is 6. The molecule has 3 heteroatoms. The molecule has 0 unspecified atom stereocenters. The summed E-state index contributed by atoms with van der Waals surface area (Å²) >= 11 is 0. The molecule has 1 aliphatic rings. The first-order valence-corrected chi connectivity index (χ1v) is 7.37. The predicted molar refractivity (Wildman–Crippen MR) is 79.8 cm³/mol. The van der Waals surface area contributed by atoms with Gasteiger partial charge in [-0.05, 0) is 71.8 Å². The summed E-state index contributed by atoms with van der Waals surface area (Å²) in [5, 5.41) is 0. The zero-order valence-electron chi connectivity index (χ0n) is 13.1. The molecule has 0 spiro atoms. The van der Waals surface area contributed by atoms with Crippen molar-refractivity contribution in [3.63, 3.8) is 0 Å². The third-order valence-corrected chi connectivity index (χ3v) is 4.82. The molecule has 2 N–H and O–H groups in total. The summed E-state index contributed by atoms with van der Waals surface area (Å²) in [6, 6.07) is 0. The molecule has 1 saturated carbocycles. The first-order valence-electron chi connectivity index (χ1n) is 7.37. The molecule has 0 aromatic carbocycles. The Morgan fingerprint density at radius 3 is 1.94 bits per heavy atom. The van der Waals surface area contributed by atoms with Gasteiger partial charge in [0.1, 0.15) is 0 Å². The molecular formula is C15H33N3. The van der Waals surface area contributed by atoms with Crippen molar-refractivity contribution in [2.24, 2.45) is 11.1 Å². The molecule has 0 amide bonds. The smallest absolute Gasteiger partial charge is 0.0329 e. The van der Waals surface area contributed by atoms with Crippen LogP contribution >= 0.6 is 0 Å². The van der Waals surface area contributed by atoms with Gasteiger partial charge in [-0.15, -0.1) is 0 Å². The monoisotopic (exact) mass is 255 g/mol. The fourth-order valence-corrected chi connectivity index (χ4v) is 3.00. The van der Waals surface area contributed by atoms with Gasteiger partial charge in [-0.3, -0.25) is 4.90 Å². The zero-order valence-corrected chi connectivity index (χ0v) is 13.1. The van der Waals surface area contributed by atoms with Crippen molar-refractivity contribution in [1.29, 1.82) is 0 Å². The van der Waals surface area contributed by atoms with Crippen molar-refractivity contribution in [2.75, 3.05) is 40.8 Å². The number of nitrogens with two attached hydrogens (primary N) is 1. The van der Waals surface area contributed by atoms with Crippen LogP contribution in [0.1, 0.15) is 46.0 Å². The second-order valence-electron chi connectivity index (χ2n) is 7.17. The lowest BCUT2D eigenvalue weighted by Gasteiger charge is -2.48. The Kier molecular flexibility index (Phi) is 5.63. The van der Waals surface area contributed by atoms with E-state index >= 15 is 0 Å². The summed E-state index contributed by atoms with van der Waals surface area (Å²) in [6.45, 7) is 7.91. The number of likely N-dealkylation sites (N-methyl/N-ethyl adjacent to an activating group) is 1. The van der Waals surface area contributed by atoms with Gasteiger partial charge in [0.25, 0.3) is 0 Å². The lowest BCUT2D eigenvalue weighted by Crippen LogP contribution is -2.55. The standard InChI is InChI=1S/C15H33N3/c1-14(2)7-9-15(13-16,10-8-14)18(5)12-6-11-17(3)4/h6-13,16H2,1-5H3. The predicted octanol–water partition coefficient (Wildman–Crippen LogP) is 2.17.